The lowest BCUT2D eigenvalue weighted by Crippen LogP contribution is -2.38. The minimum absolute atomic E-state index is 0.124. The average Bonchev–Trinajstić information content (AvgIpc) is 2.80. The molecule has 1 aromatic heterocycles. The number of ether oxygens (including phenoxy) is 1. The van der Waals surface area contributed by atoms with Crippen molar-refractivity contribution < 1.29 is 9.84 Å². The molecule has 1 N–H and O–H groups in total. The molecule has 124 valence electrons. The third-order valence-electron chi connectivity index (χ3n) is 3.98. The summed E-state index contributed by atoms with van der Waals surface area (Å²) in [5.74, 6) is 1.68. The highest BCUT2D eigenvalue weighted by atomic mass is 16.5. The average molecular weight is 308 g/mol. The summed E-state index contributed by atoms with van der Waals surface area (Å²) in [6.45, 7) is 8.13. The van der Waals surface area contributed by atoms with Gasteiger partial charge in [0.05, 0.1) is 24.4 Å². The van der Waals surface area contributed by atoms with Crippen molar-refractivity contribution in [3.63, 3.8) is 0 Å². The van der Waals surface area contributed by atoms with Crippen molar-refractivity contribution in [2.24, 2.45) is 0 Å². The van der Waals surface area contributed by atoms with Crippen molar-refractivity contribution in [1.29, 1.82) is 0 Å². The van der Waals surface area contributed by atoms with Crippen LogP contribution < -0.4 is 4.90 Å². The van der Waals surface area contributed by atoms with Crippen LogP contribution in [0.15, 0.2) is 6.07 Å². The summed E-state index contributed by atoms with van der Waals surface area (Å²) in [5.41, 5.74) is 0.748. The van der Waals surface area contributed by atoms with Gasteiger partial charge in [-0.1, -0.05) is 20.8 Å². The first kappa shape index (κ1) is 17.1. The molecule has 2 heterocycles. The Morgan fingerprint density at radius 3 is 2.50 bits per heavy atom. The quantitative estimate of drug-likeness (QED) is 0.896. The Morgan fingerprint density at radius 2 is 2.00 bits per heavy atom. The van der Waals surface area contributed by atoms with Gasteiger partial charge < -0.3 is 19.6 Å². The number of hydrogen-bond acceptors (Lipinski definition) is 6. The zero-order chi connectivity index (χ0) is 16.5. The maximum atomic E-state index is 10.2. The number of rotatable bonds is 4. The van der Waals surface area contributed by atoms with Gasteiger partial charge in [-0.25, -0.2) is 9.97 Å². The summed E-state index contributed by atoms with van der Waals surface area (Å²) in [6.07, 6.45) is -0.367. The molecule has 1 saturated heterocycles. The number of anilines is 1. The smallest absolute Gasteiger partial charge is 0.136 e. The number of likely N-dealkylation sites (N-methyl/N-ethyl adjacent to an activating group) is 1. The van der Waals surface area contributed by atoms with Gasteiger partial charge in [0.25, 0.3) is 0 Å². The fraction of sp³-hybridized carbons (Fsp3) is 0.750. The molecule has 0 saturated carbocycles. The van der Waals surface area contributed by atoms with Crippen molar-refractivity contribution in [2.75, 3.05) is 39.2 Å². The molecule has 2 rings (SSSR count). The van der Waals surface area contributed by atoms with Gasteiger partial charge in [-0.3, -0.25) is 0 Å². The van der Waals surface area contributed by atoms with E-state index >= 15 is 0 Å². The Bertz CT molecular complexity index is 513. The van der Waals surface area contributed by atoms with Gasteiger partial charge in [0.15, 0.2) is 0 Å². The Hall–Kier alpha value is -1.24. The van der Waals surface area contributed by atoms with E-state index < -0.39 is 0 Å². The molecular formula is C16H28N4O2. The van der Waals surface area contributed by atoms with Gasteiger partial charge in [0.2, 0.25) is 0 Å². The number of aliphatic hydroxyl groups is 1. The second-order valence-corrected chi connectivity index (χ2v) is 7.23. The lowest BCUT2D eigenvalue weighted by Gasteiger charge is -2.24. The highest BCUT2D eigenvalue weighted by Crippen LogP contribution is 2.25. The van der Waals surface area contributed by atoms with E-state index in [2.05, 4.69) is 35.6 Å². The number of aromatic nitrogens is 2. The van der Waals surface area contributed by atoms with Gasteiger partial charge in [0, 0.05) is 31.7 Å². The van der Waals surface area contributed by atoms with Crippen LogP contribution in [0.1, 0.15) is 32.3 Å². The number of hydrogen-bond donors (Lipinski definition) is 1. The van der Waals surface area contributed by atoms with E-state index in [9.17, 15) is 5.11 Å². The molecule has 0 amide bonds. The fourth-order valence-corrected chi connectivity index (χ4v) is 2.67. The number of β-amino-alcohol motifs (C(OH)–C–C–N with tert-alkyl or cyclic N) is 1. The monoisotopic (exact) mass is 308 g/mol. The van der Waals surface area contributed by atoms with E-state index in [0.717, 1.165) is 23.9 Å². The van der Waals surface area contributed by atoms with E-state index in [1.165, 1.54) is 0 Å². The first-order valence-corrected chi connectivity index (χ1v) is 7.69. The fourth-order valence-electron chi connectivity index (χ4n) is 2.67. The minimum Gasteiger partial charge on any atom is -0.390 e. The molecular weight excluding hydrogens is 280 g/mol. The maximum absolute atomic E-state index is 10.2. The van der Waals surface area contributed by atoms with Crippen molar-refractivity contribution >= 4 is 5.82 Å². The van der Waals surface area contributed by atoms with Crippen LogP contribution in [0.4, 0.5) is 5.82 Å². The molecule has 6 heteroatoms. The molecule has 2 atom stereocenters. The van der Waals surface area contributed by atoms with Crippen molar-refractivity contribution in [2.45, 2.75) is 44.9 Å². The van der Waals surface area contributed by atoms with E-state index in [-0.39, 0.29) is 17.6 Å². The van der Waals surface area contributed by atoms with Crippen molar-refractivity contribution in [3.05, 3.63) is 17.6 Å². The Kier molecular flexibility index (Phi) is 5.04. The first-order chi connectivity index (χ1) is 10.2. The second-order valence-electron chi connectivity index (χ2n) is 7.23. The molecule has 1 aromatic rings. The molecule has 1 aliphatic heterocycles. The summed E-state index contributed by atoms with van der Waals surface area (Å²) < 4.78 is 5.23. The SMILES string of the molecule is COCc1cc(N2C[C@H](O)[C@@H](N(C)C)C2)nc(C(C)(C)C)n1. The Labute approximate surface area is 133 Å². The summed E-state index contributed by atoms with van der Waals surface area (Å²) >= 11 is 0. The number of nitrogens with zero attached hydrogens (tertiary/aromatic N) is 4. The van der Waals surface area contributed by atoms with E-state index in [0.29, 0.717) is 13.2 Å². The summed E-state index contributed by atoms with van der Waals surface area (Å²) in [7, 11) is 5.66. The predicted octanol–water partition coefficient (Wildman–Crippen LogP) is 1.03. The van der Waals surface area contributed by atoms with Crippen LogP contribution in [0, 0.1) is 0 Å². The molecule has 0 radical (unpaired) electrons. The van der Waals surface area contributed by atoms with E-state index in [4.69, 9.17) is 9.72 Å². The Morgan fingerprint density at radius 1 is 1.32 bits per heavy atom. The molecule has 0 aliphatic carbocycles. The van der Waals surface area contributed by atoms with Crippen LogP contribution in [-0.4, -0.2) is 66.4 Å². The third-order valence-corrected chi connectivity index (χ3v) is 3.98. The number of methoxy groups -OCH3 is 1. The van der Waals surface area contributed by atoms with Gasteiger partial charge in [-0.05, 0) is 14.1 Å². The molecule has 6 nitrogen and oxygen atoms in total. The van der Waals surface area contributed by atoms with Gasteiger partial charge in [-0.15, -0.1) is 0 Å². The highest BCUT2D eigenvalue weighted by molar-refractivity contribution is 5.43. The molecule has 1 aliphatic rings. The van der Waals surface area contributed by atoms with E-state index in [1.54, 1.807) is 7.11 Å². The molecule has 0 bridgehead atoms. The third kappa shape index (κ3) is 3.74. The normalized spacial score (nSPS) is 22.6. The zero-order valence-corrected chi connectivity index (χ0v) is 14.5. The maximum Gasteiger partial charge on any atom is 0.136 e. The topological polar surface area (TPSA) is 61.7 Å². The molecule has 0 spiro atoms. The van der Waals surface area contributed by atoms with Crippen LogP contribution >= 0.6 is 0 Å². The number of aliphatic hydroxyl groups excluding tert-OH is 1. The molecule has 1 fully saturated rings. The summed E-state index contributed by atoms with van der Waals surface area (Å²) in [6, 6.07) is 2.09. The molecule has 22 heavy (non-hydrogen) atoms. The van der Waals surface area contributed by atoms with Gasteiger partial charge in [-0.2, -0.15) is 0 Å². The van der Waals surface area contributed by atoms with Gasteiger partial charge >= 0.3 is 0 Å². The summed E-state index contributed by atoms with van der Waals surface area (Å²) in [5, 5.41) is 10.2. The van der Waals surface area contributed by atoms with Crippen molar-refractivity contribution in [1.82, 2.24) is 14.9 Å². The Balaban J connectivity index is 2.32. The van der Waals surface area contributed by atoms with E-state index in [1.807, 2.05) is 20.2 Å². The van der Waals surface area contributed by atoms with Crippen LogP contribution in [-0.2, 0) is 16.8 Å². The summed E-state index contributed by atoms with van der Waals surface area (Å²) in [4.78, 5) is 13.5. The van der Waals surface area contributed by atoms with Crippen LogP contribution in [0.2, 0.25) is 0 Å². The lowest BCUT2D eigenvalue weighted by atomic mass is 9.95. The minimum atomic E-state index is -0.367. The van der Waals surface area contributed by atoms with Crippen molar-refractivity contribution in [3.8, 4) is 0 Å². The van der Waals surface area contributed by atoms with Crippen LogP contribution in [0.3, 0.4) is 0 Å². The molecule has 0 unspecified atom stereocenters. The standard InChI is InChI=1S/C16H28N4O2/c1-16(2,3)15-17-11(10-22-6)7-14(18-15)20-8-12(19(4)5)13(21)9-20/h7,12-13,21H,8-10H2,1-6H3/t12-,13-/m0/s1. The highest BCUT2D eigenvalue weighted by Gasteiger charge is 2.34. The predicted molar refractivity (Wildman–Crippen MR) is 87.1 cm³/mol. The zero-order valence-electron chi connectivity index (χ0n) is 14.5. The second kappa shape index (κ2) is 6.48. The largest absolute Gasteiger partial charge is 0.390 e. The van der Waals surface area contributed by atoms with Crippen LogP contribution in [0.25, 0.3) is 0 Å². The van der Waals surface area contributed by atoms with Crippen LogP contribution in [0.5, 0.6) is 0 Å². The first-order valence-electron chi connectivity index (χ1n) is 7.69. The molecule has 0 aromatic carbocycles. The lowest BCUT2D eigenvalue weighted by molar-refractivity contribution is 0.114. The van der Waals surface area contributed by atoms with Gasteiger partial charge in [0.1, 0.15) is 11.6 Å².